The summed E-state index contributed by atoms with van der Waals surface area (Å²) in [4.78, 5) is 5.11. The molecule has 0 bridgehead atoms. The fourth-order valence-electron chi connectivity index (χ4n) is 3.04. The van der Waals surface area contributed by atoms with Gasteiger partial charge in [0.05, 0.1) is 19.3 Å². The Morgan fingerprint density at radius 3 is 2.55 bits per heavy atom. The van der Waals surface area contributed by atoms with Gasteiger partial charge in [-0.15, -0.1) is 0 Å². The van der Waals surface area contributed by atoms with Crippen LogP contribution in [0, 0.1) is 0 Å². The number of hydrogen-bond donors (Lipinski definition) is 0. The SMILES string of the molecule is CCC(C)c1cccc(N2CCN(C3COC3)CC2)c1. The number of anilines is 1. The van der Waals surface area contributed by atoms with Crippen molar-refractivity contribution in [2.24, 2.45) is 0 Å². The van der Waals surface area contributed by atoms with E-state index in [0.29, 0.717) is 12.0 Å². The highest BCUT2D eigenvalue weighted by atomic mass is 16.5. The second-order valence-electron chi connectivity index (χ2n) is 6.12. The Bertz CT molecular complexity index is 436. The summed E-state index contributed by atoms with van der Waals surface area (Å²) in [5, 5.41) is 0. The monoisotopic (exact) mass is 274 g/mol. The minimum Gasteiger partial charge on any atom is -0.378 e. The summed E-state index contributed by atoms with van der Waals surface area (Å²) in [5.41, 5.74) is 2.87. The predicted octanol–water partition coefficient (Wildman–Crippen LogP) is 2.72. The van der Waals surface area contributed by atoms with Crippen molar-refractivity contribution < 1.29 is 4.74 Å². The summed E-state index contributed by atoms with van der Waals surface area (Å²) >= 11 is 0. The van der Waals surface area contributed by atoms with Gasteiger partial charge in [0.1, 0.15) is 0 Å². The maximum Gasteiger partial charge on any atom is 0.0645 e. The molecule has 0 radical (unpaired) electrons. The summed E-state index contributed by atoms with van der Waals surface area (Å²) in [6, 6.07) is 9.80. The molecule has 0 aliphatic carbocycles. The zero-order valence-corrected chi connectivity index (χ0v) is 12.7. The van der Waals surface area contributed by atoms with Crippen LogP contribution in [0.1, 0.15) is 31.7 Å². The molecule has 2 fully saturated rings. The summed E-state index contributed by atoms with van der Waals surface area (Å²) in [7, 11) is 0. The van der Waals surface area contributed by atoms with Gasteiger partial charge in [-0.2, -0.15) is 0 Å². The first-order valence-electron chi connectivity index (χ1n) is 7.94. The van der Waals surface area contributed by atoms with E-state index in [4.69, 9.17) is 4.74 Å². The molecule has 0 aromatic heterocycles. The van der Waals surface area contributed by atoms with Crippen molar-refractivity contribution in [1.82, 2.24) is 4.90 Å². The van der Waals surface area contributed by atoms with Crippen molar-refractivity contribution in [3.05, 3.63) is 29.8 Å². The molecular weight excluding hydrogens is 248 g/mol. The molecule has 3 heteroatoms. The van der Waals surface area contributed by atoms with Crippen LogP contribution in [-0.2, 0) is 4.74 Å². The van der Waals surface area contributed by atoms with Gasteiger partial charge in [-0.1, -0.05) is 26.0 Å². The first kappa shape index (κ1) is 13.9. The van der Waals surface area contributed by atoms with E-state index < -0.39 is 0 Å². The van der Waals surface area contributed by atoms with E-state index in [9.17, 15) is 0 Å². The molecule has 1 unspecified atom stereocenters. The molecule has 3 rings (SSSR count). The van der Waals surface area contributed by atoms with Gasteiger partial charge in [0.2, 0.25) is 0 Å². The minimum absolute atomic E-state index is 0.656. The molecule has 1 atom stereocenters. The standard InChI is InChI=1S/C17H26N2O/c1-3-14(2)15-5-4-6-16(11-15)18-7-9-19(10-8-18)17-12-20-13-17/h4-6,11,14,17H,3,7-10,12-13H2,1-2H3. The number of ether oxygens (including phenoxy) is 1. The Morgan fingerprint density at radius 1 is 1.20 bits per heavy atom. The predicted molar refractivity (Wildman–Crippen MR) is 83.5 cm³/mol. The van der Waals surface area contributed by atoms with E-state index in [-0.39, 0.29) is 0 Å². The maximum atomic E-state index is 5.30. The zero-order chi connectivity index (χ0) is 13.9. The van der Waals surface area contributed by atoms with Gasteiger partial charge in [0.25, 0.3) is 0 Å². The number of hydrogen-bond acceptors (Lipinski definition) is 3. The zero-order valence-electron chi connectivity index (χ0n) is 12.7. The van der Waals surface area contributed by atoms with E-state index in [1.165, 1.54) is 30.8 Å². The van der Waals surface area contributed by atoms with Crippen LogP contribution in [0.3, 0.4) is 0 Å². The quantitative estimate of drug-likeness (QED) is 0.839. The topological polar surface area (TPSA) is 15.7 Å². The van der Waals surface area contributed by atoms with Gasteiger partial charge in [0, 0.05) is 31.9 Å². The van der Waals surface area contributed by atoms with Crippen molar-refractivity contribution >= 4 is 5.69 Å². The molecule has 0 amide bonds. The van der Waals surface area contributed by atoms with E-state index >= 15 is 0 Å². The molecule has 2 saturated heterocycles. The average molecular weight is 274 g/mol. The third-order valence-corrected chi connectivity index (χ3v) is 4.87. The lowest BCUT2D eigenvalue weighted by atomic mass is 9.98. The molecule has 2 aliphatic rings. The molecule has 3 nitrogen and oxygen atoms in total. The highest BCUT2D eigenvalue weighted by molar-refractivity contribution is 5.49. The number of benzene rings is 1. The Morgan fingerprint density at radius 2 is 1.95 bits per heavy atom. The third-order valence-electron chi connectivity index (χ3n) is 4.87. The van der Waals surface area contributed by atoms with Gasteiger partial charge in [0.15, 0.2) is 0 Å². The van der Waals surface area contributed by atoms with Gasteiger partial charge in [-0.05, 0) is 30.0 Å². The highest BCUT2D eigenvalue weighted by Crippen LogP contribution is 2.25. The van der Waals surface area contributed by atoms with Crippen LogP contribution in [0.2, 0.25) is 0 Å². The summed E-state index contributed by atoms with van der Waals surface area (Å²) in [6.45, 7) is 11.1. The lowest BCUT2D eigenvalue weighted by molar-refractivity contribution is -0.0660. The maximum absolute atomic E-state index is 5.30. The molecule has 0 N–H and O–H groups in total. The lowest BCUT2D eigenvalue weighted by Crippen LogP contribution is -2.56. The van der Waals surface area contributed by atoms with E-state index in [0.717, 1.165) is 26.3 Å². The van der Waals surface area contributed by atoms with Crippen LogP contribution >= 0.6 is 0 Å². The molecule has 1 aromatic rings. The molecule has 20 heavy (non-hydrogen) atoms. The molecule has 110 valence electrons. The van der Waals surface area contributed by atoms with Crippen molar-refractivity contribution in [1.29, 1.82) is 0 Å². The first-order chi connectivity index (χ1) is 9.78. The van der Waals surface area contributed by atoms with Crippen LogP contribution in [0.25, 0.3) is 0 Å². The van der Waals surface area contributed by atoms with E-state index in [1.54, 1.807) is 0 Å². The van der Waals surface area contributed by atoms with E-state index in [1.807, 2.05) is 0 Å². The normalized spacial score (nSPS) is 22.6. The average Bonchev–Trinajstić information content (AvgIpc) is 2.45. The fourth-order valence-corrected chi connectivity index (χ4v) is 3.04. The van der Waals surface area contributed by atoms with Gasteiger partial charge >= 0.3 is 0 Å². The number of rotatable bonds is 4. The van der Waals surface area contributed by atoms with Gasteiger partial charge in [-0.25, -0.2) is 0 Å². The summed E-state index contributed by atoms with van der Waals surface area (Å²) in [6.07, 6.45) is 1.21. The Hall–Kier alpha value is -1.06. The third kappa shape index (κ3) is 2.84. The minimum atomic E-state index is 0.656. The van der Waals surface area contributed by atoms with Crippen molar-refractivity contribution in [2.75, 3.05) is 44.3 Å². The smallest absolute Gasteiger partial charge is 0.0645 e. The van der Waals surface area contributed by atoms with Crippen LogP contribution in [0.15, 0.2) is 24.3 Å². The van der Waals surface area contributed by atoms with Crippen molar-refractivity contribution in [3.63, 3.8) is 0 Å². The second-order valence-corrected chi connectivity index (χ2v) is 6.12. The van der Waals surface area contributed by atoms with Crippen LogP contribution in [0.5, 0.6) is 0 Å². The Labute approximate surface area is 122 Å². The molecule has 0 saturated carbocycles. The lowest BCUT2D eigenvalue weighted by Gasteiger charge is -2.43. The highest BCUT2D eigenvalue weighted by Gasteiger charge is 2.28. The molecule has 2 aliphatic heterocycles. The van der Waals surface area contributed by atoms with E-state index in [2.05, 4.69) is 47.9 Å². The summed E-state index contributed by atoms with van der Waals surface area (Å²) in [5.74, 6) is 0.656. The number of piperazine rings is 1. The summed E-state index contributed by atoms with van der Waals surface area (Å²) < 4.78 is 5.30. The second kappa shape index (κ2) is 6.15. The van der Waals surface area contributed by atoms with Crippen LogP contribution in [-0.4, -0.2) is 50.3 Å². The largest absolute Gasteiger partial charge is 0.378 e. The van der Waals surface area contributed by atoms with Crippen LogP contribution in [0.4, 0.5) is 5.69 Å². The molecule has 1 aromatic carbocycles. The molecule has 2 heterocycles. The Balaban J connectivity index is 1.62. The molecule has 0 spiro atoms. The number of nitrogens with zero attached hydrogens (tertiary/aromatic N) is 2. The van der Waals surface area contributed by atoms with Crippen molar-refractivity contribution in [3.8, 4) is 0 Å². The fraction of sp³-hybridized carbons (Fsp3) is 0.647. The van der Waals surface area contributed by atoms with Gasteiger partial charge < -0.3 is 9.64 Å². The first-order valence-corrected chi connectivity index (χ1v) is 7.94. The molecular formula is C17H26N2O. The van der Waals surface area contributed by atoms with Crippen LogP contribution < -0.4 is 4.90 Å². The van der Waals surface area contributed by atoms with Gasteiger partial charge in [-0.3, -0.25) is 4.90 Å². The van der Waals surface area contributed by atoms with Crippen molar-refractivity contribution in [2.45, 2.75) is 32.2 Å². The Kier molecular flexibility index (Phi) is 4.27.